The van der Waals surface area contributed by atoms with Crippen LogP contribution in [0.15, 0.2) is 91.1 Å². The molecule has 0 N–H and O–H groups in total. The number of allylic oxidation sites excluding steroid dienone is 9. The van der Waals surface area contributed by atoms with Crippen molar-refractivity contribution in [2.75, 3.05) is 0 Å². The monoisotopic (exact) mass is 328 g/mol. The molecular formula is C23H17Cl. The Morgan fingerprint density at radius 2 is 1.42 bits per heavy atom. The van der Waals surface area contributed by atoms with E-state index >= 15 is 0 Å². The predicted molar refractivity (Wildman–Crippen MR) is 105 cm³/mol. The molecule has 0 fully saturated rings. The van der Waals surface area contributed by atoms with Crippen molar-refractivity contribution in [2.45, 2.75) is 0 Å². The van der Waals surface area contributed by atoms with Gasteiger partial charge >= 0.3 is 0 Å². The summed E-state index contributed by atoms with van der Waals surface area (Å²) in [6.07, 6.45) is 17.4. The van der Waals surface area contributed by atoms with E-state index in [1.165, 1.54) is 22.3 Å². The van der Waals surface area contributed by atoms with Gasteiger partial charge in [-0.3, -0.25) is 0 Å². The van der Waals surface area contributed by atoms with Gasteiger partial charge in [0.05, 0.1) is 0 Å². The summed E-state index contributed by atoms with van der Waals surface area (Å²) in [5.41, 5.74) is 6.37. The third kappa shape index (κ3) is 2.93. The van der Waals surface area contributed by atoms with Crippen molar-refractivity contribution in [2.24, 2.45) is 5.92 Å². The summed E-state index contributed by atoms with van der Waals surface area (Å²) in [6.45, 7) is 0. The minimum Gasteiger partial charge on any atom is -0.0843 e. The second kappa shape index (κ2) is 6.51. The van der Waals surface area contributed by atoms with Gasteiger partial charge in [0.2, 0.25) is 0 Å². The van der Waals surface area contributed by atoms with Gasteiger partial charge in [0.25, 0.3) is 0 Å². The van der Waals surface area contributed by atoms with Crippen LogP contribution >= 0.6 is 11.6 Å². The van der Waals surface area contributed by atoms with Crippen molar-refractivity contribution < 1.29 is 0 Å². The van der Waals surface area contributed by atoms with Gasteiger partial charge in [-0.25, -0.2) is 0 Å². The Bertz CT molecular complexity index is 889. The summed E-state index contributed by atoms with van der Waals surface area (Å²) in [6, 6.07) is 16.6. The lowest BCUT2D eigenvalue weighted by atomic mass is 9.93. The first-order valence-corrected chi connectivity index (χ1v) is 8.49. The van der Waals surface area contributed by atoms with Crippen molar-refractivity contribution in [3.63, 3.8) is 0 Å². The summed E-state index contributed by atoms with van der Waals surface area (Å²) in [5.74, 6) is 0.303. The van der Waals surface area contributed by atoms with Crippen molar-refractivity contribution in [3.8, 4) is 0 Å². The molecule has 24 heavy (non-hydrogen) atoms. The minimum absolute atomic E-state index is 0.303. The summed E-state index contributed by atoms with van der Waals surface area (Å²) >= 11 is 6.00. The average molecular weight is 329 g/mol. The maximum absolute atomic E-state index is 6.00. The highest BCUT2D eigenvalue weighted by atomic mass is 35.5. The summed E-state index contributed by atoms with van der Waals surface area (Å²) in [5, 5.41) is 0.765. The van der Waals surface area contributed by atoms with Crippen LogP contribution in [-0.2, 0) is 0 Å². The van der Waals surface area contributed by atoms with E-state index in [0.29, 0.717) is 5.92 Å². The van der Waals surface area contributed by atoms with Crippen LogP contribution in [0, 0.1) is 5.92 Å². The van der Waals surface area contributed by atoms with Crippen molar-refractivity contribution in [1.82, 2.24) is 0 Å². The highest BCUT2D eigenvalue weighted by molar-refractivity contribution is 6.30. The molecule has 0 radical (unpaired) electrons. The van der Waals surface area contributed by atoms with Crippen LogP contribution in [0.2, 0.25) is 5.02 Å². The van der Waals surface area contributed by atoms with E-state index in [2.05, 4.69) is 85.0 Å². The maximum Gasteiger partial charge on any atom is 0.0406 e. The van der Waals surface area contributed by atoms with E-state index in [1.54, 1.807) is 0 Å². The fraction of sp³-hybridized carbons (Fsp3) is 0.0435. The Balaban J connectivity index is 1.79. The molecule has 0 atom stereocenters. The van der Waals surface area contributed by atoms with Crippen molar-refractivity contribution in [1.29, 1.82) is 0 Å². The third-order valence-electron chi connectivity index (χ3n) is 4.38. The van der Waals surface area contributed by atoms with Gasteiger partial charge in [-0.15, -0.1) is 0 Å². The molecule has 2 aliphatic carbocycles. The standard InChI is InChI=1S/C23H17Cl/c24-20-13-11-17(12-14-20)15-19-16-23(18-7-3-1-2-4-8-18)22-10-6-5-9-21(19)22/h1-16,18H/b19-15+. The number of halogens is 1. The zero-order valence-corrected chi connectivity index (χ0v) is 13.9. The molecule has 0 aromatic heterocycles. The molecule has 0 spiro atoms. The lowest BCUT2D eigenvalue weighted by Gasteiger charge is -2.10. The SMILES string of the molecule is Clc1ccc(/C=C2\C=C(C3C=CC=CC=C3)c3ccccc32)cc1. The summed E-state index contributed by atoms with van der Waals surface area (Å²) in [4.78, 5) is 0. The number of fused-ring (bicyclic) bond motifs is 1. The number of rotatable bonds is 2. The molecule has 0 heterocycles. The first-order valence-electron chi connectivity index (χ1n) is 8.11. The molecule has 0 aliphatic heterocycles. The van der Waals surface area contributed by atoms with Gasteiger partial charge in [-0.2, -0.15) is 0 Å². The van der Waals surface area contributed by atoms with Gasteiger partial charge in [0.15, 0.2) is 0 Å². The molecule has 2 aromatic carbocycles. The van der Waals surface area contributed by atoms with Gasteiger partial charge in [-0.05, 0) is 52.1 Å². The molecular weight excluding hydrogens is 312 g/mol. The van der Waals surface area contributed by atoms with E-state index in [1.807, 2.05) is 12.1 Å². The van der Waals surface area contributed by atoms with Gasteiger partial charge in [0, 0.05) is 10.9 Å². The molecule has 2 aromatic rings. The van der Waals surface area contributed by atoms with E-state index in [4.69, 9.17) is 11.6 Å². The Morgan fingerprint density at radius 3 is 2.12 bits per heavy atom. The van der Waals surface area contributed by atoms with Crippen LogP contribution in [0.3, 0.4) is 0 Å². The Labute approximate surface area is 147 Å². The van der Waals surface area contributed by atoms with Crippen LogP contribution < -0.4 is 0 Å². The molecule has 1 heteroatoms. The fourth-order valence-electron chi connectivity index (χ4n) is 3.21. The molecule has 0 saturated heterocycles. The molecule has 0 nitrogen and oxygen atoms in total. The molecule has 4 rings (SSSR count). The topological polar surface area (TPSA) is 0 Å². The molecule has 0 unspecified atom stereocenters. The van der Waals surface area contributed by atoms with Crippen LogP contribution in [0.1, 0.15) is 16.7 Å². The van der Waals surface area contributed by atoms with E-state index < -0.39 is 0 Å². The normalized spacial score (nSPS) is 17.9. The fourth-order valence-corrected chi connectivity index (χ4v) is 3.34. The van der Waals surface area contributed by atoms with E-state index in [0.717, 1.165) is 10.6 Å². The van der Waals surface area contributed by atoms with Gasteiger partial charge < -0.3 is 0 Å². The van der Waals surface area contributed by atoms with Gasteiger partial charge in [-0.1, -0.05) is 84.5 Å². The molecule has 0 amide bonds. The smallest absolute Gasteiger partial charge is 0.0406 e. The van der Waals surface area contributed by atoms with Crippen molar-refractivity contribution in [3.05, 3.63) is 113 Å². The van der Waals surface area contributed by atoms with E-state index in [9.17, 15) is 0 Å². The zero-order chi connectivity index (χ0) is 16.4. The van der Waals surface area contributed by atoms with Crippen LogP contribution in [-0.4, -0.2) is 0 Å². The Morgan fingerprint density at radius 1 is 0.750 bits per heavy atom. The Kier molecular flexibility index (Phi) is 4.06. The third-order valence-corrected chi connectivity index (χ3v) is 4.63. The zero-order valence-electron chi connectivity index (χ0n) is 13.2. The van der Waals surface area contributed by atoms with Crippen LogP contribution in [0.5, 0.6) is 0 Å². The van der Waals surface area contributed by atoms with Crippen molar-refractivity contribution >= 4 is 28.8 Å². The maximum atomic E-state index is 6.00. The summed E-state index contributed by atoms with van der Waals surface area (Å²) < 4.78 is 0. The van der Waals surface area contributed by atoms with Crippen LogP contribution in [0.4, 0.5) is 0 Å². The number of hydrogen-bond acceptors (Lipinski definition) is 0. The highest BCUT2D eigenvalue weighted by Gasteiger charge is 2.21. The highest BCUT2D eigenvalue weighted by Crippen LogP contribution is 2.41. The molecule has 0 saturated carbocycles. The first kappa shape index (κ1) is 15.0. The lowest BCUT2D eigenvalue weighted by Crippen LogP contribution is -1.95. The minimum atomic E-state index is 0.303. The largest absolute Gasteiger partial charge is 0.0843 e. The molecule has 116 valence electrons. The van der Waals surface area contributed by atoms with E-state index in [-0.39, 0.29) is 0 Å². The number of hydrogen-bond donors (Lipinski definition) is 0. The molecule has 2 aliphatic rings. The van der Waals surface area contributed by atoms with Crippen LogP contribution in [0.25, 0.3) is 17.2 Å². The first-order chi connectivity index (χ1) is 11.8. The van der Waals surface area contributed by atoms with Gasteiger partial charge in [0.1, 0.15) is 0 Å². The molecule has 0 bridgehead atoms. The predicted octanol–water partition coefficient (Wildman–Crippen LogP) is 6.58. The average Bonchev–Trinajstić information content (AvgIpc) is 2.79. The Hall–Kier alpha value is -2.57. The second-order valence-electron chi connectivity index (χ2n) is 5.98. The quantitative estimate of drug-likeness (QED) is 0.584. The number of benzene rings is 2. The summed E-state index contributed by atoms with van der Waals surface area (Å²) in [7, 11) is 0. The second-order valence-corrected chi connectivity index (χ2v) is 6.41. The lowest BCUT2D eigenvalue weighted by molar-refractivity contribution is 1.10.